The topological polar surface area (TPSA) is 41.5 Å². The van der Waals surface area contributed by atoms with Crippen molar-refractivity contribution in [3.8, 4) is 0 Å². The average molecular weight is 240 g/mol. The fourth-order valence-electron chi connectivity index (χ4n) is 2.67. The third kappa shape index (κ3) is 1.86. The first kappa shape index (κ1) is 11.2. The number of rotatable bonds is 2. The van der Waals surface area contributed by atoms with E-state index >= 15 is 0 Å². The van der Waals surface area contributed by atoms with Crippen LogP contribution >= 0.6 is 0 Å². The number of nitrogens with one attached hydrogen (secondary N) is 1. The Balaban J connectivity index is 1.66. The quantitative estimate of drug-likeness (QED) is 0.626. The van der Waals surface area contributed by atoms with Crippen molar-refractivity contribution in [2.24, 2.45) is 16.9 Å². The highest BCUT2D eigenvalue weighted by atomic mass is 16.2. The lowest BCUT2D eigenvalue weighted by molar-refractivity contribution is 0.0953. The highest BCUT2D eigenvalue weighted by molar-refractivity contribution is 5.98. The van der Waals surface area contributed by atoms with Gasteiger partial charge in [-0.3, -0.25) is 4.79 Å². The zero-order valence-electron chi connectivity index (χ0n) is 10.4. The highest BCUT2D eigenvalue weighted by Crippen LogP contribution is 2.40. The van der Waals surface area contributed by atoms with E-state index in [0.717, 1.165) is 24.1 Å². The first-order chi connectivity index (χ1) is 8.75. The molecule has 2 atom stereocenters. The fourth-order valence-corrected chi connectivity index (χ4v) is 2.67. The molecule has 1 saturated carbocycles. The summed E-state index contributed by atoms with van der Waals surface area (Å²) >= 11 is 0. The molecule has 2 aliphatic carbocycles. The van der Waals surface area contributed by atoms with Crippen LogP contribution in [0.1, 0.15) is 28.8 Å². The number of hydrogen-bond acceptors (Lipinski definition) is 2. The van der Waals surface area contributed by atoms with E-state index in [-0.39, 0.29) is 5.91 Å². The van der Waals surface area contributed by atoms with Gasteiger partial charge in [0.25, 0.3) is 5.91 Å². The van der Waals surface area contributed by atoms with Gasteiger partial charge >= 0.3 is 0 Å². The Morgan fingerprint density at radius 2 is 2.22 bits per heavy atom. The molecule has 1 N–H and O–H groups in total. The van der Waals surface area contributed by atoms with Gasteiger partial charge in [-0.15, -0.1) is 0 Å². The molecule has 2 unspecified atom stereocenters. The van der Waals surface area contributed by atoms with E-state index in [2.05, 4.69) is 22.7 Å². The van der Waals surface area contributed by atoms with Crippen molar-refractivity contribution in [3.05, 3.63) is 47.5 Å². The van der Waals surface area contributed by atoms with E-state index in [1.54, 1.807) is 0 Å². The third-order valence-electron chi connectivity index (χ3n) is 3.85. The number of carbonyl (C=O) groups is 1. The van der Waals surface area contributed by atoms with Crippen LogP contribution in [0, 0.1) is 18.8 Å². The number of hydrogen-bond donors (Lipinski definition) is 1. The molecule has 1 aromatic carbocycles. The number of aryl methyl sites for hydroxylation is 1. The van der Waals surface area contributed by atoms with Crippen molar-refractivity contribution < 1.29 is 4.79 Å². The summed E-state index contributed by atoms with van der Waals surface area (Å²) in [7, 11) is 0. The molecule has 3 nitrogen and oxygen atoms in total. The molecule has 1 fully saturated rings. The van der Waals surface area contributed by atoms with Crippen molar-refractivity contribution >= 4 is 11.6 Å². The van der Waals surface area contributed by atoms with Gasteiger partial charge in [0.15, 0.2) is 0 Å². The minimum Gasteiger partial charge on any atom is -0.267 e. The zero-order chi connectivity index (χ0) is 12.5. The average Bonchev–Trinajstić information content (AvgIpc) is 2.71. The SMILES string of the molecule is Cc1ccccc1C(=O)NN=C1CC2C=CCC12. The van der Waals surface area contributed by atoms with E-state index in [0.29, 0.717) is 17.4 Å². The Labute approximate surface area is 107 Å². The number of amides is 1. The first-order valence-electron chi connectivity index (χ1n) is 6.35. The van der Waals surface area contributed by atoms with E-state index in [1.165, 1.54) is 0 Å². The van der Waals surface area contributed by atoms with Crippen molar-refractivity contribution in [2.75, 3.05) is 0 Å². The molecule has 0 saturated heterocycles. The fraction of sp³-hybridized carbons (Fsp3) is 0.333. The molecule has 0 heterocycles. The van der Waals surface area contributed by atoms with Gasteiger partial charge in [0, 0.05) is 17.2 Å². The third-order valence-corrected chi connectivity index (χ3v) is 3.85. The molecule has 18 heavy (non-hydrogen) atoms. The number of allylic oxidation sites excluding steroid dienone is 2. The Morgan fingerprint density at radius 3 is 3.00 bits per heavy atom. The molecular formula is C15H16N2O. The number of fused-ring (bicyclic) bond motifs is 1. The largest absolute Gasteiger partial charge is 0.271 e. The second kappa shape index (κ2) is 4.41. The number of hydrazone groups is 1. The van der Waals surface area contributed by atoms with Gasteiger partial charge in [0.2, 0.25) is 0 Å². The maximum Gasteiger partial charge on any atom is 0.271 e. The Hall–Kier alpha value is -1.90. The van der Waals surface area contributed by atoms with Crippen molar-refractivity contribution in [1.82, 2.24) is 5.43 Å². The standard InChI is InChI=1S/C15H16N2O/c1-10-5-2-3-7-12(10)15(18)17-16-14-9-11-6-4-8-13(11)14/h2-7,11,13H,8-9H2,1H3,(H,17,18). The maximum atomic E-state index is 12.0. The van der Waals surface area contributed by atoms with Gasteiger partial charge < -0.3 is 0 Å². The Bertz CT molecular complexity index is 545. The number of benzene rings is 1. The van der Waals surface area contributed by atoms with Gasteiger partial charge in [-0.1, -0.05) is 30.4 Å². The minimum atomic E-state index is -0.116. The van der Waals surface area contributed by atoms with Crippen LogP contribution in [-0.2, 0) is 0 Å². The molecule has 0 spiro atoms. The van der Waals surface area contributed by atoms with E-state index in [1.807, 2.05) is 31.2 Å². The lowest BCUT2D eigenvalue weighted by Crippen LogP contribution is -2.35. The summed E-state index contributed by atoms with van der Waals surface area (Å²) in [6.45, 7) is 1.93. The van der Waals surface area contributed by atoms with Crippen molar-refractivity contribution in [1.29, 1.82) is 0 Å². The van der Waals surface area contributed by atoms with Crippen LogP contribution in [0.15, 0.2) is 41.5 Å². The molecule has 1 amide bonds. The Morgan fingerprint density at radius 1 is 1.39 bits per heavy atom. The summed E-state index contributed by atoms with van der Waals surface area (Å²) in [5.74, 6) is 1.09. The smallest absolute Gasteiger partial charge is 0.267 e. The summed E-state index contributed by atoms with van der Waals surface area (Å²) in [4.78, 5) is 12.0. The first-order valence-corrected chi connectivity index (χ1v) is 6.35. The van der Waals surface area contributed by atoms with Gasteiger partial charge in [-0.25, -0.2) is 5.43 Å². The van der Waals surface area contributed by atoms with Crippen LogP contribution in [0.4, 0.5) is 0 Å². The van der Waals surface area contributed by atoms with Crippen molar-refractivity contribution in [3.63, 3.8) is 0 Å². The molecule has 3 rings (SSSR count). The van der Waals surface area contributed by atoms with Gasteiger partial charge in [0.1, 0.15) is 0 Å². The normalized spacial score (nSPS) is 26.8. The van der Waals surface area contributed by atoms with E-state index < -0.39 is 0 Å². The van der Waals surface area contributed by atoms with Crippen molar-refractivity contribution in [2.45, 2.75) is 19.8 Å². The summed E-state index contributed by atoms with van der Waals surface area (Å²) in [5.41, 5.74) is 5.48. The van der Waals surface area contributed by atoms with Crippen LogP contribution in [0.2, 0.25) is 0 Å². The zero-order valence-corrected chi connectivity index (χ0v) is 10.4. The van der Waals surface area contributed by atoms with Crippen LogP contribution in [0.25, 0.3) is 0 Å². The summed E-state index contributed by atoms with van der Waals surface area (Å²) in [5, 5.41) is 4.27. The lowest BCUT2D eigenvalue weighted by Gasteiger charge is -2.31. The van der Waals surface area contributed by atoms with Gasteiger partial charge in [-0.2, -0.15) is 5.10 Å². The molecule has 2 aliphatic rings. The Kier molecular flexibility index (Phi) is 2.74. The second-order valence-electron chi connectivity index (χ2n) is 5.00. The minimum absolute atomic E-state index is 0.116. The monoisotopic (exact) mass is 240 g/mol. The predicted molar refractivity (Wildman–Crippen MR) is 71.4 cm³/mol. The maximum absolute atomic E-state index is 12.0. The molecule has 1 aromatic rings. The molecule has 0 radical (unpaired) electrons. The molecule has 92 valence electrons. The van der Waals surface area contributed by atoms with Crippen LogP contribution < -0.4 is 5.43 Å². The second-order valence-corrected chi connectivity index (χ2v) is 5.00. The molecule has 3 heteroatoms. The van der Waals surface area contributed by atoms with Gasteiger partial charge in [-0.05, 0) is 37.3 Å². The predicted octanol–water partition coefficient (Wildman–Crippen LogP) is 2.68. The number of carbonyl (C=O) groups excluding carboxylic acids is 1. The molecular weight excluding hydrogens is 224 g/mol. The molecule has 0 aromatic heterocycles. The highest BCUT2D eigenvalue weighted by Gasteiger charge is 2.37. The van der Waals surface area contributed by atoms with Gasteiger partial charge in [0.05, 0.1) is 0 Å². The summed E-state index contributed by atoms with van der Waals surface area (Å²) < 4.78 is 0. The molecule has 0 aliphatic heterocycles. The molecule has 0 bridgehead atoms. The van der Waals surface area contributed by atoms with E-state index in [4.69, 9.17) is 0 Å². The number of nitrogens with zero attached hydrogens (tertiary/aromatic N) is 1. The van der Waals surface area contributed by atoms with E-state index in [9.17, 15) is 4.79 Å². The van der Waals surface area contributed by atoms with Crippen LogP contribution in [-0.4, -0.2) is 11.6 Å². The summed E-state index contributed by atoms with van der Waals surface area (Å²) in [6, 6.07) is 7.56. The lowest BCUT2D eigenvalue weighted by atomic mass is 9.74. The van der Waals surface area contributed by atoms with Crippen LogP contribution in [0.3, 0.4) is 0 Å². The van der Waals surface area contributed by atoms with Crippen LogP contribution in [0.5, 0.6) is 0 Å². The summed E-state index contributed by atoms with van der Waals surface area (Å²) in [6.07, 6.45) is 6.53.